The van der Waals surface area contributed by atoms with Gasteiger partial charge in [-0.25, -0.2) is 13.8 Å². The van der Waals surface area contributed by atoms with Crippen molar-refractivity contribution in [3.8, 4) is 0 Å². The van der Waals surface area contributed by atoms with Crippen LogP contribution in [0.4, 0.5) is 8.78 Å². The first kappa shape index (κ1) is 19.4. The lowest BCUT2D eigenvalue weighted by Gasteiger charge is -2.10. The van der Waals surface area contributed by atoms with E-state index in [1.807, 2.05) is 13.8 Å². The van der Waals surface area contributed by atoms with Crippen LogP contribution in [0.15, 0.2) is 40.8 Å². The summed E-state index contributed by atoms with van der Waals surface area (Å²) in [7, 11) is 0. The van der Waals surface area contributed by atoms with Crippen molar-refractivity contribution in [2.45, 2.75) is 25.5 Å². The number of thioether (sulfide) groups is 1. The quantitative estimate of drug-likeness (QED) is 0.262. The number of benzene rings is 1. The fourth-order valence-electron chi connectivity index (χ4n) is 2.59. The second kappa shape index (κ2) is 7.74. The number of Topliss-reactive ketones (excluding diaryl/α,β-unsaturated/α-hetero) is 1. The Morgan fingerprint density at radius 1 is 1.33 bits per heavy atom. The van der Waals surface area contributed by atoms with Crippen LogP contribution < -0.4 is 5.56 Å². The summed E-state index contributed by atoms with van der Waals surface area (Å²) in [6.45, 7) is 7.74. The summed E-state index contributed by atoms with van der Waals surface area (Å²) in [4.78, 5) is 31.4. The van der Waals surface area contributed by atoms with Crippen molar-refractivity contribution < 1.29 is 13.6 Å². The van der Waals surface area contributed by atoms with Crippen molar-refractivity contribution in [3.05, 3.63) is 68.8 Å². The molecule has 2 aromatic heterocycles. The maximum atomic E-state index is 13.3. The first-order valence-corrected chi connectivity index (χ1v) is 9.86. The minimum Gasteiger partial charge on any atom is -0.293 e. The van der Waals surface area contributed by atoms with Crippen LogP contribution in [0, 0.1) is 25.5 Å². The molecule has 3 rings (SSSR count). The third-order valence-corrected chi connectivity index (χ3v) is 6.22. The molecule has 0 saturated carbocycles. The first-order valence-electron chi connectivity index (χ1n) is 8.06. The molecule has 0 aliphatic carbocycles. The number of rotatable bonds is 6. The largest absolute Gasteiger partial charge is 0.293 e. The fraction of sp³-hybridized carbons (Fsp3) is 0.211. The van der Waals surface area contributed by atoms with Crippen LogP contribution in [-0.4, -0.2) is 21.1 Å². The molecule has 0 unspecified atom stereocenters. The third kappa shape index (κ3) is 3.72. The Labute approximate surface area is 162 Å². The molecule has 0 amide bonds. The van der Waals surface area contributed by atoms with Gasteiger partial charge in [-0.05, 0) is 37.6 Å². The zero-order chi connectivity index (χ0) is 19.7. The number of aryl methyl sites for hydroxylation is 2. The Morgan fingerprint density at radius 3 is 2.74 bits per heavy atom. The highest BCUT2D eigenvalue weighted by molar-refractivity contribution is 7.99. The molecule has 0 fully saturated rings. The molecule has 2 heterocycles. The number of carbonyl (C=O) groups excluding carboxylic acids is 1. The van der Waals surface area contributed by atoms with Gasteiger partial charge in [0.05, 0.1) is 11.1 Å². The molecule has 4 nitrogen and oxygen atoms in total. The SMILES string of the molecule is C=CCn1c(SCC(=O)c2ccc(F)c(F)c2)nc2sc(C)c(C)c2c1=O. The van der Waals surface area contributed by atoms with E-state index >= 15 is 0 Å². The van der Waals surface area contributed by atoms with Crippen molar-refractivity contribution in [2.75, 3.05) is 5.75 Å². The molecule has 3 aromatic rings. The minimum absolute atomic E-state index is 0.0521. The summed E-state index contributed by atoms with van der Waals surface area (Å²) in [6.07, 6.45) is 1.59. The van der Waals surface area contributed by atoms with Gasteiger partial charge in [0.2, 0.25) is 0 Å². The van der Waals surface area contributed by atoms with Crippen LogP contribution in [0.5, 0.6) is 0 Å². The highest BCUT2D eigenvalue weighted by Crippen LogP contribution is 2.28. The molecule has 0 atom stereocenters. The number of allylic oxidation sites excluding steroid dienone is 1. The minimum atomic E-state index is -1.07. The van der Waals surface area contributed by atoms with E-state index in [-0.39, 0.29) is 29.2 Å². The normalized spacial score (nSPS) is 11.1. The zero-order valence-corrected chi connectivity index (χ0v) is 16.3. The maximum Gasteiger partial charge on any atom is 0.263 e. The van der Waals surface area contributed by atoms with Crippen molar-refractivity contribution in [1.82, 2.24) is 9.55 Å². The number of carbonyl (C=O) groups is 1. The van der Waals surface area contributed by atoms with Gasteiger partial charge in [-0.3, -0.25) is 14.2 Å². The van der Waals surface area contributed by atoms with Crippen molar-refractivity contribution in [3.63, 3.8) is 0 Å². The highest BCUT2D eigenvalue weighted by atomic mass is 32.2. The Balaban J connectivity index is 1.94. The van der Waals surface area contributed by atoms with E-state index < -0.39 is 11.6 Å². The number of hydrogen-bond acceptors (Lipinski definition) is 5. The number of aromatic nitrogens is 2. The van der Waals surface area contributed by atoms with Crippen molar-refractivity contribution in [2.24, 2.45) is 0 Å². The van der Waals surface area contributed by atoms with Gasteiger partial charge in [0.15, 0.2) is 22.6 Å². The maximum absolute atomic E-state index is 13.3. The van der Waals surface area contributed by atoms with Crippen LogP contribution in [0.1, 0.15) is 20.8 Å². The Hall–Kier alpha value is -2.32. The average Bonchev–Trinajstić information content (AvgIpc) is 2.92. The van der Waals surface area contributed by atoms with E-state index in [1.165, 1.54) is 22.0 Å². The van der Waals surface area contributed by atoms with Gasteiger partial charge in [0.1, 0.15) is 4.83 Å². The van der Waals surface area contributed by atoms with Crippen molar-refractivity contribution >= 4 is 39.1 Å². The van der Waals surface area contributed by atoms with Gasteiger partial charge in [-0.2, -0.15) is 0 Å². The first-order chi connectivity index (χ1) is 12.8. The summed E-state index contributed by atoms with van der Waals surface area (Å²) < 4.78 is 27.8. The zero-order valence-electron chi connectivity index (χ0n) is 14.7. The van der Waals surface area contributed by atoms with Crippen LogP contribution in [0.3, 0.4) is 0 Å². The molecule has 1 aromatic carbocycles. The number of hydrogen-bond donors (Lipinski definition) is 0. The number of fused-ring (bicyclic) bond motifs is 1. The summed E-state index contributed by atoms with van der Waals surface area (Å²) in [5.74, 6) is -2.51. The molecule has 0 radical (unpaired) electrons. The van der Waals surface area contributed by atoms with Crippen LogP contribution in [0.25, 0.3) is 10.2 Å². The highest BCUT2D eigenvalue weighted by Gasteiger charge is 2.18. The van der Waals surface area contributed by atoms with E-state index in [9.17, 15) is 18.4 Å². The van der Waals surface area contributed by atoms with Crippen LogP contribution >= 0.6 is 23.1 Å². The Morgan fingerprint density at radius 2 is 2.07 bits per heavy atom. The molecule has 8 heteroatoms. The monoisotopic (exact) mass is 406 g/mol. The van der Waals surface area contributed by atoms with Gasteiger partial charge < -0.3 is 0 Å². The molecule has 0 spiro atoms. The topological polar surface area (TPSA) is 52.0 Å². The molecule has 0 aliphatic rings. The molecule has 0 N–H and O–H groups in total. The molecule has 0 bridgehead atoms. The van der Waals surface area contributed by atoms with E-state index in [4.69, 9.17) is 0 Å². The second-order valence-corrected chi connectivity index (χ2v) is 8.05. The molecular weight excluding hydrogens is 390 g/mol. The van der Waals surface area contributed by atoms with E-state index in [1.54, 1.807) is 6.08 Å². The predicted molar refractivity (Wildman–Crippen MR) is 105 cm³/mol. The van der Waals surface area contributed by atoms with Crippen molar-refractivity contribution in [1.29, 1.82) is 0 Å². The average molecular weight is 406 g/mol. The molecule has 140 valence electrons. The Kier molecular flexibility index (Phi) is 5.57. The van der Waals surface area contributed by atoms with E-state index in [0.29, 0.717) is 15.4 Å². The van der Waals surface area contributed by atoms with Gasteiger partial charge in [-0.1, -0.05) is 17.8 Å². The summed E-state index contributed by atoms with van der Waals surface area (Å²) in [5.41, 5.74) is 0.798. The van der Waals surface area contributed by atoms with E-state index in [0.717, 1.165) is 34.3 Å². The summed E-state index contributed by atoms with van der Waals surface area (Å²) in [6, 6.07) is 3.03. The lowest BCUT2D eigenvalue weighted by Crippen LogP contribution is -2.23. The number of thiophene rings is 1. The van der Waals surface area contributed by atoms with Gasteiger partial charge >= 0.3 is 0 Å². The summed E-state index contributed by atoms with van der Waals surface area (Å²) in [5, 5.41) is 0.972. The standard InChI is InChI=1S/C19H16F2N2O2S2/c1-4-7-23-18(25)16-10(2)11(3)27-17(16)22-19(23)26-9-15(24)12-5-6-13(20)14(21)8-12/h4-6,8H,1,7,9H2,2-3H3. The molecule has 0 saturated heterocycles. The summed E-state index contributed by atoms with van der Waals surface area (Å²) >= 11 is 2.52. The van der Waals surface area contributed by atoms with Gasteiger partial charge in [-0.15, -0.1) is 17.9 Å². The fourth-order valence-corrected chi connectivity index (χ4v) is 4.57. The molecule has 27 heavy (non-hydrogen) atoms. The van der Waals surface area contributed by atoms with Gasteiger partial charge in [0.25, 0.3) is 5.56 Å². The smallest absolute Gasteiger partial charge is 0.263 e. The number of ketones is 1. The van der Waals surface area contributed by atoms with Crippen LogP contribution in [-0.2, 0) is 6.54 Å². The Bertz CT molecular complexity index is 1120. The van der Waals surface area contributed by atoms with Crippen LogP contribution in [0.2, 0.25) is 0 Å². The lowest BCUT2D eigenvalue weighted by molar-refractivity contribution is 0.102. The number of halogens is 2. The molecular formula is C19H16F2N2O2S2. The second-order valence-electron chi connectivity index (χ2n) is 5.90. The molecule has 0 aliphatic heterocycles. The van der Waals surface area contributed by atoms with Gasteiger partial charge in [0, 0.05) is 17.0 Å². The predicted octanol–water partition coefficient (Wildman–Crippen LogP) is 4.51. The third-order valence-electron chi connectivity index (χ3n) is 4.14. The number of nitrogens with zero attached hydrogens (tertiary/aromatic N) is 2. The van der Waals surface area contributed by atoms with E-state index in [2.05, 4.69) is 11.6 Å². The lowest BCUT2D eigenvalue weighted by atomic mass is 10.1.